The monoisotopic (exact) mass is 537 g/mol. The van der Waals surface area contributed by atoms with Crippen molar-refractivity contribution in [1.29, 1.82) is 0 Å². The second kappa shape index (κ2) is 10.6. The molecule has 35 heavy (non-hydrogen) atoms. The number of halogens is 5. The number of nitrogens with zero attached hydrogens (tertiary/aromatic N) is 2. The molecule has 1 saturated heterocycles. The third-order valence-electron chi connectivity index (χ3n) is 5.47. The standard InChI is InChI=1S/C22H24ClF4N3O4S/c1-3-14-10-17(21(31)28-35(2,32)33)19(24)11-15(14)13-29-6-8-30(9-7-29)16-4-5-20(18(23)12-16)34-22(25,26)27/h4-5,10-12H,3,6-9,13H2,1-2H3,(H,28,31). The highest BCUT2D eigenvalue weighted by atomic mass is 35.5. The molecule has 0 unspecified atom stereocenters. The molecule has 2 aromatic rings. The summed E-state index contributed by atoms with van der Waals surface area (Å²) < 4.78 is 80.2. The lowest BCUT2D eigenvalue weighted by atomic mass is 10.00. The number of carbonyl (C=O) groups excluding carboxylic acids is 1. The van der Waals surface area contributed by atoms with E-state index in [2.05, 4.69) is 9.64 Å². The first kappa shape index (κ1) is 27.0. The number of ether oxygens (including phenoxy) is 1. The molecule has 1 N–H and O–H groups in total. The van der Waals surface area contributed by atoms with Crippen molar-refractivity contribution < 1.29 is 35.5 Å². The van der Waals surface area contributed by atoms with E-state index in [9.17, 15) is 30.8 Å². The molecule has 0 spiro atoms. The summed E-state index contributed by atoms with van der Waals surface area (Å²) in [5.74, 6) is -2.30. The van der Waals surface area contributed by atoms with Gasteiger partial charge in [0.05, 0.1) is 16.8 Å². The number of anilines is 1. The van der Waals surface area contributed by atoms with Gasteiger partial charge < -0.3 is 9.64 Å². The molecule has 1 amide bonds. The number of piperazine rings is 1. The molecule has 0 bridgehead atoms. The number of amides is 1. The maximum absolute atomic E-state index is 14.6. The van der Waals surface area contributed by atoms with Gasteiger partial charge in [-0.3, -0.25) is 9.69 Å². The maximum Gasteiger partial charge on any atom is 0.573 e. The van der Waals surface area contributed by atoms with Crippen molar-refractivity contribution >= 4 is 33.2 Å². The summed E-state index contributed by atoms with van der Waals surface area (Å²) in [6.45, 7) is 4.59. The smallest absolute Gasteiger partial charge is 0.404 e. The number of aryl methyl sites for hydroxylation is 1. The second-order valence-corrected chi connectivity index (χ2v) is 10.2. The molecule has 1 heterocycles. The quantitative estimate of drug-likeness (QED) is 0.539. The summed E-state index contributed by atoms with van der Waals surface area (Å²) in [5.41, 5.74) is 1.73. The molecule has 0 aromatic heterocycles. The van der Waals surface area contributed by atoms with E-state index in [-0.39, 0.29) is 10.6 Å². The number of benzene rings is 2. The summed E-state index contributed by atoms with van der Waals surface area (Å²) >= 11 is 5.95. The van der Waals surface area contributed by atoms with Crippen molar-refractivity contribution in [2.45, 2.75) is 26.3 Å². The van der Waals surface area contributed by atoms with Gasteiger partial charge in [-0.15, -0.1) is 13.2 Å². The van der Waals surface area contributed by atoms with E-state index in [1.54, 1.807) is 4.72 Å². The predicted octanol–water partition coefficient (Wildman–Crippen LogP) is 3.95. The highest BCUT2D eigenvalue weighted by Gasteiger charge is 2.32. The summed E-state index contributed by atoms with van der Waals surface area (Å²) in [6.07, 6.45) is -3.50. The number of sulfonamides is 1. The van der Waals surface area contributed by atoms with Crippen molar-refractivity contribution in [2.75, 3.05) is 37.3 Å². The lowest BCUT2D eigenvalue weighted by molar-refractivity contribution is -0.274. The normalized spacial score (nSPS) is 15.2. The van der Waals surface area contributed by atoms with Crippen molar-refractivity contribution in [1.82, 2.24) is 9.62 Å². The van der Waals surface area contributed by atoms with Crippen LogP contribution in [0.15, 0.2) is 30.3 Å². The van der Waals surface area contributed by atoms with Gasteiger partial charge >= 0.3 is 6.36 Å². The first-order valence-corrected chi connectivity index (χ1v) is 12.9. The Labute approximate surface area is 205 Å². The topological polar surface area (TPSA) is 79.0 Å². The Kier molecular flexibility index (Phi) is 8.17. The third-order valence-corrected chi connectivity index (χ3v) is 6.32. The van der Waals surface area contributed by atoms with E-state index in [1.165, 1.54) is 30.3 Å². The van der Waals surface area contributed by atoms with Crippen LogP contribution in [0.3, 0.4) is 0 Å². The molecule has 7 nitrogen and oxygen atoms in total. The average molecular weight is 538 g/mol. The van der Waals surface area contributed by atoms with Crippen LogP contribution in [0.5, 0.6) is 5.75 Å². The van der Waals surface area contributed by atoms with Gasteiger partial charge in [0.15, 0.2) is 0 Å². The van der Waals surface area contributed by atoms with Gasteiger partial charge in [0.25, 0.3) is 5.91 Å². The Bertz CT molecular complexity index is 1200. The number of rotatable bonds is 7. The molecule has 1 aliphatic heterocycles. The van der Waals surface area contributed by atoms with Crippen molar-refractivity contribution in [3.8, 4) is 5.75 Å². The molecule has 2 aromatic carbocycles. The van der Waals surface area contributed by atoms with E-state index < -0.39 is 33.9 Å². The number of alkyl halides is 3. The minimum Gasteiger partial charge on any atom is -0.404 e. The van der Waals surface area contributed by atoms with Crippen molar-refractivity contribution in [2.24, 2.45) is 0 Å². The molecule has 0 radical (unpaired) electrons. The summed E-state index contributed by atoms with van der Waals surface area (Å²) in [6, 6.07) is 6.72. The van der Waals surface area contributed by atoms with Crippen LogP contribution < -0.4 is 14.4 Å². The van der Waals surface area contributed by atoms with Crippen LogP contribution in [-0.4, -0.2) is 58.0 Å². The van der Waals surface area contributed by atoms with E-state index >= 15 is 0 Å². The van der Waals surface area contributed by atoms with E-state index in [1.807, 2.05) is 11.8 Å². The average Bonchev–Trinajstić information content (AvgIpc) is 2.74. The molecule has 1 fully saturated rings. The minimum absolute atomic E-state index is 0.148. The van der Waals surface area contributed by atoms with E-state index in [0.29, 0.717) is 50.4 Å². The lowest BCUT2D eigenvalue weighted by Crippen LogP contribution is -2.46. The van der Waals surface area contributed by atoms with Gasteiger partial charge in [-0.05, 0) is 47.9 Å². The maximum atomic E-state index is 14.6. The second-order valence-electron chi connectivity index (χ2n) is 8.08. The molecule has 0 atom stereocenters. The number of nitrogens with one attached hydrogen (secondary N) is 1. The Morgan fingerprint density at radius 1 is 1.11 bits per heavy atom. The fourth-order valence-electron chi connectivity index (χ4n) is 3.83. The van der Waals surface area contributed by atoms with Gasteiger partial charge in [0.1, 0.15) is 11.6 Å². The van der Waals surface area contributed by atoms with E-state index in [0.717, 1.165) is 11.8 Å². The van der Waals surface area contributed by atoms with Crippen LogP contribution in [0.4, 0.5) is 23.2 Å². The van der Waals surface area contributed by atoms with Crippen LogP contribution in [0.2, 0.25) is 5.02 Å². The molecule has 13 heteroatoms. The van der Waals surface area contributed by atoms with Crippen molar-refractivity contribution in [3.63, 3.8) is 0 Å². The van der Waals surface area contributed by atoms with Crippen LogP contribution in [0, 0.1) is 5.82 Å². The molecule has 0 saturated carbocycles. The summed E-state index contributed by atoms with van der Waals surface area (Å²) in [4.78, 5) is 16.2. The van der Waals surface area contributed by atoms with Gasteiger partial charge in [-0.1, -0.05) is 18.5 Å². The first-order valence-electron chi connectivity index (χ1n) is 10.6. The predicted molar refractivity (Wildman–Crippen MR) is 124 cm³/mol. The molecule has 0 aliphatic carbocycles. The van der Waals surface area contributed by atoms with E-state index in [4.69, 9.17) is 11.6 Å². The zero-order valence-corrected chi connectivity index (χ0v) is 20.5. The van der Waals surface area contributed by atoms with Crippen LogP contribution in [-0.2, 0) is 23.0 Å². The third kappa shape index (κ3) is 7.45. The van der Waals surface area contributed by atoms with Gasteiger partial charge in [0.2, 0.25) is 10.0 Å². The van der Waals surface area contributed by atoms with Gasteiger partial charge in [-0.2, -0.15) is 0 Å². The summed E-state index contributed by atoms with van der Waals surface area (Å²) in [5, 5.41) is -0.148. The van der Waals surface area contributed by atoms with Crippen LogP contribution in [0.1, 0.15) is 28.4 Å². The van der Waals surface area contributed by atoms with Gasteiger partial charge in [-0.25, -0.2) is 17.5 Å². The Hall–Kier alpha value is -2.57. The molecular weight excluding hydrogens is 514 g/mol. The Morgan fingerprint density at radius 3 is 2.31 bits per heavy atom. The number of carbonyl (C=O) groups is 1. The first-order chi connectivity index (χ1) is 16.3. The fraction of sp³-hybridized carbons (Fsp3) is 0.409. The summed E-state index contributed by atoms with van der Waals surface area (Å²) in [7, 11) is -3.83. The highest BCUT2D eigenvalue weighted by Crippen LogP contribution is 2.33. The molecule has 1 aliphatic rings. The highest BCUT2D eigenvalue weighted by molar-refractivity contribution is 7.89. The zero-order chi connectivity index (χ0) is 26.0. The van der Waals surface area contributed by atoms with Crippen LogP contribution in [0.25, 0.3) is 0 Å². The SMILES string of the molecule is CCc1cc(C(=O)NS(C)(=O)=O)c(F)cc1CN1CCN(c2ccc(OC(F)(F)F)c(Cl)c2)CC1. The minimum atomic E-state index is -4.83. The Morgan fingerprint density at radius 2 is 1.77 bits per heavy atom. The molecule has 3 rings (SSSR count). The lowest BCUT2D eigenvalue weighted by Gasteiger charge is -2.36. The fourth-order valence-corrected chi connectivity index (χ4v) is 4.49. The number of hydrogen-bond donors (Lipinski definition) is 1. The number of hydrogen-bond acceptors (Lipinski definition) is 6. The molecular formula is C22H24ClF4N3O4S. The van der Waals surface area contributed by atoms with Crippen molar-refractivity contribution in [3.05, 3.63) is 57.9 Å². The largest absolute Gasteiger partial charge is 0.573 e. The molecule has 192 valence electrons. The zero-order valence-electron chi connectivity index (χ0n) is 19.0. The van der Waals surface area contributed by atoms with Crippen LogP contribution >= 0.6 is 11.6 Å². The van der Waals surface area contributed by atoms with Gasteiger partial charge in [0, 0.05) is 38.4 Å². The Balaban J connectivity index is 1.66.